The van der Waals surface area contributed by atoms with E-state index in [0.717, 1.165) is 23.6 Å². The Balaban J connectivity index is 2.69. The Morgan fingerprint density at radius 3 is 2.64 bits per heavy atom. The molecule has 0 atom stereocenters. The van der Waals surface area contributed by atoms with Crippen LogP contribution in [-0.2, 0) is 0 Å². The van der Waals surface area contributed by atoms with Crippen molar-refractivity contribution < 1.29 is 4.74 Å². The van der Waals surface area contributed by atoms with E-state index in [1.165, 1.54) is 0 Å². The zero-order chi connectivity index (χ0) is 10.6. The number of nitrogen functional groups attached to an aromatic ring is 1. The predicted octanol–water partition coefficient (Wildman–Crippen LogP) is 2.32. The van der Waals surface area contributed by atoms with E-state index in [0.29, 0.717) is 5.92 Å². The Morgan fingerprint density at radius 2 is 2.14 bits per heavy atom. The molecule has 3 nitrogen and oxygen atoms in total. The van der Waals surface area contributed by atoms with Gasteiger partial charge in [-0.3, -0.25) is 5.84 Å². The maximum atomic E-state index is 5.63. The number of hydrazine groups is 1. The molecule has 0 heterocycles. The largest absolute Gasteiger partial charge is 0.493 e. The van der Waals surface area contributed by atoms with Gasteiger partial charge >= 0.3 is 0 Å². The number of nitrogens with one attached hydrogen (secondary N) is 1. The summed E-state index contributed by atoms with van der Waals surface area (Å²) >= 11 is 0. The fraction of sp³-hybridized carbons (Fsp3) is 0.455. The highest BCUT2D eigenvalue weighted by Gasteiger charge is 2.01. The van der Waals surface area contributed by atoms with E-state index in [-0.39, 0.29) is 0 Å². The summed E-state index contributed by atoms with van der Waals surface area (Å²) in [4.78, 5) is 0. The first-order valence-electron chi connectivity index (χ1n) is 4.83. The Hall–Kier alpha value is -1.22. The number of aryl methyl sites for hydroxylation is 1. The number of rotatable bonds is 4. The SMILES string of the molecule is Cc1cc(NN)ccc1OCC(C)C. The van der Waals surface area contributed by atoms with Crippen LogP contribution >= 0.6 is 0 Å². The zero-order valence-corrected chi connectivity index (χ0v) is 9.00. The number of hydrogen-bond donors (Lipinski definition) is 2. The summed E-state index contributed by atoms with van der Waals surface area (Å²) in [5.74, 6) is 6.77. The summed E-state index contributed by atoms with van der Waals surface area (Å²) in [6.45, 7) is 7.02. The molecule has 0 bridgehead atoms. The van der Waals surface area contributed by atoms with E-state index in [9.17, 15) is 0 Å². The fourth-order valence-corrected chi connectivity index (χ4v) is 1.16. The normalized spacial score (nSPS) is 10.4. The molecule has 0 saturated heterocycles. The van der Waals surface area contributed by atoms with Crippen molar-refractivity contribution in [2.75, 3.05) is 12.0 Å². The van der Waals surface area contributed by atoms with Crippen LogP contribution < -0.4 is 16.0 Å². The summed E-state index contributed by atoms with van der Waals surface area (Å²) in [6, 6.07) is 5.81. The number of nitrogens with two attached hydrogens (primary N) is 1. The fourth-order valence-electron chi connectivity index (χ4n) is 1.16. The molecule has 1 aromatic rings. The lowest BCUT2D eigenvalue weighted by Crippen LogP contribution is -2.08. The van der Waals surface area contributed by atoms with Gasteiger partial charge in [-0.25, -0.2) is 0 Å². The van der Waals surface area contributed by atoms with Gasteiger partial charge in [0.2, 0.25) is 0 Å². The second-order valence-electron chi connectivity index (χ2n) is 3.83. The smallest absolute Gasteiger partial charge is 0.122 e. The van der Waals surface area contributed by atoms with Gasteiger partial charge in [-0.15, -0.1) is 0 Å². The highest BCUT2D eigenvalue weighted by molar-refractivity contribution is 5.49. The van der Waals surface area contributed by atoms with Gasteiger partial charge < -0.3 is 10.2 Å². The maximum Gasteiger partial charge on any atom is 0.122 e. The number of hydrogen-bond acceptors (Lipinski definition) is 3. The van der Waals surface area contributed by atoms with Crippen LogP contribution in [0.5, 0.6) is 5.75 Å². The summed E-state index contributed by atoms with van der Waals surface area (Å²) in [5, 5.41) is 0. The lowest BCUT2D eigenvalue weighted by Gasteiger charge is -2.12. The standard InChI is InChI=1S/C11H18N2O/c1-8(2)7-14-11-5-4-10(13-12)6-9(11)3/h4-6,8,13H,7,12H2,1-3H3. The van der Waals surface area contributed by atoms with E-state index in [2.05, 4.69) is 19.3 Å². The molecule has 0 unspecified atom stereocenters. The van der Waals surface area contributed by atoms with Gasteiger partial charge in [0.15, 0.2) is 0 Å². The zero-order valence-electron chi connectivity index (χ0n) is 9.00. The van der Waals surface area contributed by atoms with E-state index < -0.39 is 0 Å². The van der Waals surface area contributed by atoms with Gasteiger partial charge in [-0.05, 0) is 36.6 Å². The Bertz CT molecular complexity index is 297. The Labute approximate surface area is 85.2 Å². The lowest BCUT2D eigenvalue weighted by molar-refractivity contribution is 0.269. The number of benzene rings is 1. The molecule has 0 aliphatic carbocycles. The second kappa shape index (κ2) is 4.86. The van der Waals surface area contributed by atoms with E-state index in [1.807, 2.05) is 25.1 Å². The average molecular weight is 194 g/mol. The summed E-state index contributed by atoms with van der Waals surface area (Å²) in [5.41, 5.74) is 4.60. The van der Waals surface area contributed by atoms with Gasteiger partial charge in [0, 0.05) is 5.69 Å². The van der Waals surface area contributed by atoms with Crippen LogP contribution in [0.2, 0.25) is 0 Å². The summed E-state index contributed by atoms with van der Waals surface area (Å²) < 4.78 is 5.63. The van der Waals surface area contributed by atoms with Crippen LogP contribution in [0.4, 0.5) is 5.69 Å². The summed E-state index contributed by atoms with van der Waals surface area (Å²) in [7, 11) is 0. The minimum absolute atomic E-state index is 0.543. The Morgan fingerprint density at radius 1 is 1.43 bits per heavy atom. The van der Waals surface area contributed by atoms with Crippen molar-refractivity contribution in [3.05, 3.63) is 23.8 Å². The van der Waals surface area contributed by atoms with Crippen molar-refractivity contribution in [2.24, 2.45) is 11.8 Å². The molecule has 78 valence electrons. The van der Waals surface area contributed by atoms with Crippen LogP contribution in [0, 0.1) is 12.8 Å². The van der Waals surface area contributed by atoms with E-state index in [4.69, 9.17) is 10.6 Å². The van der Waals surface area contributed by atoms with Crippen LogP contribution in [0.1, 0.15) is 19.4 Å². The molecule has 0 aromatic heterocycles. The summed E-state index contributed by atoms with van der Waals surface area (Å²) in [6.07, 6.45) is 0. The first-order valence-corrected chi connectivity index (χ1v) is 4.83. The molecule has 0 aliphatic heterocycles. The monoisotopic (exact) mass is 194 g/mol. The lowest BCUT2D eigenvalue weighted by atomic mass is 10.2. The topological polar surface area (TPSA) is 47.3 Å². The van der Waals surface area contributed by atoms with Gasteiger partial charge in [-0.1, -0.05) is 13.8 Å². The molecule has 0 aliphatic rings. The van der Waals surface area contributed by atoms with Crippen molar-refractivity contribution in [2.45, 2.75) is 20.8 Å². The third-order valence-corrected chi connectivity index (χ3v) is 1.91. The molecule has 1 rings (SSSR count). The molecule has 3 N–H and O–H groups in total. The highest BCUT2D eigenvalue weighted by Crippen LogP contribution is 2.21. The minimum atomic E-state index is 0.543. The molecule has 3 heteroatoms. The molecule has 0 radical (unpaired) electrons. The molecule has 0 fully saturated rings. The van der Waals surface area contributed by atoms with Crippen molar-refractivity contribution in [3.8, 4) is 5.75 Å². The van der Waals surface area contributed by atoms with Crippen LogP contribution in [0.15, 0.2) is 18.2 Å². The molecule has 0 amide bonds. The van der Waals surface area contributed by atoms with Crippen LogP contribution in [0.3, 0.4) is 0 Å². The Kier molecular flexibility index (Phi) is 3.77. The minimum Gasteiger partial charge on any atom is -0.493 e. The van der Waals surface area contributed by atoms with Gasteiger partial charge in [0.1, 0.15) is 5.75 Å². The maximum absolute atomic E-state index is 5.63. The van der Waals surface area contributed by atoms with Crippen molar-refractivity contribution in [3.63, 3.8) is 0 Å². The van der Waals surface area contributed by atoms with Crippen molar-refractivity contribution >= 4 is 5.69 Å². The first-order chi connectivity index (χ1) is 6.63. The molecule has 1 aromatic carbocycles. The molecular formula is C11H18N2O. The van der Waals surface area contributed by atoms with Crippen molar-refractivity contribution in [1.29, 1.82) is 0 Å². The van der Waals surface area contributed by atoms with Gasteiger partial charge in [-0.2, -0.15) is 0 Å². The van der Waals surface area contributed by atoms with E-state index >= 15 is 0 Å². The highest BCUT2D eigenvalue weighted by atomic mass is 16.5. The quantitative estimate of drug-likeness (QED) is 0.571. The average Bonchev–Trinajstić information content (AvgIpc) is 2.15. The predicted molar refractivity (Wildman–Crippen MR) is 59.3 cm³/mol. The van der Waals surface area contributed by atoms with Crippen LogP contribution in [0.25, 0.3) is 0 Å². The molecule has 14 heavy (non-hydrogen) atoms. The molecule has 0 saturated carbocycles. The van der Waals surface area contributed by atoms with E-state index in [1.54, 1.807) is 0 Å². The number of ether oxygens (including phenoxy) is 1. The molecule has 0 spiro atoms. The van der Waals surface area contributed by atoms with Gasteiger partial charge in [0.25, 0.3) is 0 Å². The van der Waals surface area contributed by atoms with Crippen LogP contribution in [-0.4, -0.2) is 6.61 Å². The third-order valence-electron chi connectivity index (χ3n) is 1.91. The van der Waals surface area contributed by atoms with Gasteiger partial charge in [0.05, 0.1) is 6.61 Å². The third kappa shape index (κ3) is 2.92. The first kappa shape index (κ1) is 10.9. The molecular weight excluding hydrogens is 176 g/mol. The number of anilines is 1. The second-order valence-corrected chi connectivity index (χ2v) is 3.83. The van der Waals surface area contributed by atoms with Crippen molar-refractivity contribution in [1.82, 2.24) is 0 Å².